The molecule has 6 heteroatoms. The summed E-state index contributed by atoms with van der Waals surface area (Å²) in [5.41, 5.74) is 0. The first-order valence-corrected chi connectivity index (χ1v) is 17.9. The van der Waals surface area contributed by atoms with E-state index in [4.69, 9.17) is 14.2 Å². The molecule has 0 bridgehead atoms. The second kappa shape index (κ2) is 34.0. The monoisotopic (exact) mass is 628 g/mol. The summed E-state index contributed by atoms with van der Waals surface area (Å²) in [6, 6.07) is 0. The van der Waals surface area contributed by atoms with Crippen LogP contribution in [0.2, 0.25) is 0 Å². The summed E-state index contributed by atoms with van der Waals surface area (Å²) in [5, 5.41) is 0. The normalized spacial score (nSPS) is 12.1. The smallest absolute Gasteiger partial charge is 0.331 e. The summed E-state index contributed by atoms with van der Waals surface area (Å²) < 4.78 is 16.1. The predicted octanol–water partition coefficient (Wildman–Crippen LogP) is 10.6. The van der Waals surface area contributed by atoms with E-state index in [0.717, 1.165) is 70.6 Å². The summed E-state index contributed by atoms with van der Waals surface area (Å²) in [5.74, 6) is -1.26. The molecule has 256 valence electrons. The van der Waals surface area contributed by atoms with Gasteiger partial charge in [-0.3, -0.25) is 9.59 Å². The first-order valence-electron chi connectivity index (χ1n) is 17.9. The molecule has 0 aromatic rings. The molecule has 0 aliphatic heterocycles. The van der Waals surface area contributed by atoms with Crippen molar-refractivity contribution < 1.29 is 28.6 Å². The minimum atomic E-state index is -0.858. The van der Waals surface area contributed by atoms with Gasteiger partial charge in [0.2, 0.25) is 0 Å². The van der Waals surface area contributed by atoms with Gasteiger partial charge in [0.25, 0.3) is 0 Å². The van der Waals surface area contributed by atoms with Gasteiger partial charge in [0.15, 0.2) is 6.10 Å². The molecule has 6 nitrogen and oxygen atoms in total. The zero-order valence-corrected chi connectivity index (χ0v) is 28.9. The Bertz CT molecular complexity index is 837. The van der Waals surface area contributed by atoms with E-state index in [2.05, 4.69) is 32.9 Å². The molecule has 0 aromatic heterocycles. The number of hydrogen-bond acceptors (Lipinski definition) is 6. The summed E-state index contributed by atoms with van der Waals surface area (Å²) in [7, 11) is 0. The first-order chi connectivity index (χ1) is 22.0. The van der Waals surface area contributed by atoms with Crippen LogP contribution in [0.1, 0.15) is 149 Å². The number of allylic oxidation sites excluding steroid dienone is 9. The lowest BCUT2D eigenvalue weighted by Gasteiger charge is -2.17. The van der Waals surface area contributed by atoms with Crippen molar-refractivity contribution in [1.29, 1.82) is 0 Å². The van der Waals surface area contributed by atoms with E-state index in [9.17, 15) is 14.4 Å². The predicted molar refractivity (Wildman–Crippen MR) is 187 cm³/mol. The molecule has 0 aromatic carbocycles. The fourth-order valence-electron chi connectivity index (χ4n) is 4.49. The number of ether oxygens (including phenoxy) is 3. The maximum atomic E-state index is 12.4. The second-order valence-corrected chi connectivity index (χ2v) is 11.6. The zero-order valence-electron chi connectivity index (χ0n) is 28.9. The molecule has 0 aliphatic carbocycles. The highest BCUT2D eigenvalue weighted by atomic mass is 16.6. The van der Waals surface area contributed by atoms with Crippen molar-refractivity contribution in [1.82, 2.24) is 0 Å². The molecule has 0 fully saturated rings. The van der Waals surface area contributed by atoms with Crippen molar-refractivity contribution in [3.05, 3.63) is 60.8 Å². The third-order valence-corrected chi connectivity index (χ3v) is 7.23. The van der Waals surface area contributed by atoms with Crippen molar-refractivity contribution in [2.45, 2.75) is 155 Å². The Morgan fingerprint density at radius 3 is 1.38 bits per heavy atom. The number of hydrogen-bond donors (Lipinski definition) is 0. The van der Waals surface area contributed by atoms with Crippen LogP contribution in [0.15, 0.2) is 60.8 Å². The number of unbranched alkanes of at least 4 members (excludes halogenated alkanes) is 15. The van der Waals surface area contributed by atoms with Crippen LogP contribution in [0.4, 0.5) is 0 Å². The Kier molecular flexibility index (Phi) is 31.8. The van der Waals surface area contributed by atoms with Crippen LogP contribution >= 0.6 is 0 Å². The molecule has 45 heavy (non-hydrogen) atoms. The van der Waals surface area contributed by atoms with E-state index in [0.29, 0.717) is 12.8 Å². The van der Waals surface area contributed by atoms with Gasteiger partial charge in [-0.1, -0.05) is 165 Å². The van der Waals surface area contributed by atoms with Gasteiger partial charge in [-0.25, -0.2) is 4.79 Å². The lowest BCUT2D eigenvalue weighted by molar-refractivity contribution is -0.163. The molecular formula is C39H64O6. The summed E-state index contributed by atoms with van der Waals surface area (Å²) in [4.78, 5) is 36.7. The fourth-order valence-corrected chi connectivity index (χ4v) is 4.49. The van der Waals surface area contributed by atoms with Crippen LogP contribution in [0.25, 0.3) is 0 Å². The molecule has 0 radical (unpaired) electrons. The van der Waals surface area contributed by atoms with E-state index in [1.807, 2.05) is 30.4 Å². The highest BCUT2D eigenvalue weighted by Gasteiger charge is 2.18. The van der Waals surface area contributed by atoms with Crippen LogP contribution in [-0.2, 0) is 28.6 Å². The van der Waals surface area contributed by atoms with Gasteiger partial charge in [-0.2, -0.15) is 0 Å². The van der Waals surface area contributed by atoms with E-state index in [-0.39, 0.29) is 25.2 Å². The number of carbonyl (C=O) groups excluding carboxylic acids is 3. The standard InChI is InChI=1S/C39H64O6/c1-4-7-10-13-14-15-16-17-18-19-20-21-22-23-24-27-30-33-39(42)45-36(34-43-37(40)31-28-25-11-8-5-2)35-44-38(41)32-29-26-12-9-6-3/h18-24,27,30,33,36H,4-17,25-26,28-29,31-32,34-35H2,1-3H3. The molecule has 0 saturated heterocycles. The zero-order chi connectivity index (χ0) is 33.1. The Labute approximate surface area is 275 Å². The second-order valence-electron chi connectivity index (χ2n) is 11.6. The Hall–Kier alpha value is -2.89. The molecule has 0 unspecified atom stereocenters. The van der Waals surface area contributed by atoms with Crippen molar-refractivity contribution in [3.63, 3.8) is 0 Å². The maximum absolute atomic E-state index is 12.4. The van der Waals surface area contributed by atoms with Gasteiger partial charge in [-0.05, 0) is 25.7 Å². The summed E-state index contributed by atoms with van der Waals surface area (Å²) >= 11 is 0. The molecular weight excluding hydrogens is 564 g/mol. The van der Waals surface area contributed by atoms with Crippen LogP contribution < -0.4 is 0 Å². The van der Waals surface area contributed by atoms with E-state index in [1.165, 1.54) is 51.0 Å². The molecule has 0 amide bonds. The Morgan fingerprint density at radius 2 is 0.889 bits per heavy atom. The minimum absolute atomic E-state index is 0.143. The van der Waals surface area contributed by atoms with Crippen molar-refractivity contribution in [3.8, 4) is 0 Å². The van der Waals surface area contributed by atoms with Crippen molar-refractivity contribution in [2.75, 3.05) is 13.2 Å². The van der Waals surface area contributed by atoms with Gasteiger partial charge in [0, 0.05) is 18.9 Å². The molecule has 0 aliphatic rings. The van der Waals surface area contributed by atoms with Gasteiger partial charge in [0.05, 0.1) is 0 Å². The number of rotatable bonds is 30. The highest BCUT2D eigenvalue weighted by molar-refractivity contribution is 5.82. The average molecular weight is 629 g/mol. The maximum Gasteiger partial charge on any atom is 0.331 e. The fraction of sp³-hybridized carbons (Fsp3) is 0.667. The van der Waals surface area contributed by atoms with Crippen LogP contribution in [0.5, 0.6) is 0 Å². The van der Waals surface area contributed by atoms with E-state index < -0.39 is 12.1 Å². The molecule has 0 atom stereocenters. The molecule has 0 N–H and O–H groups in total. The highest BCUT2D eigenvalue weighted by Crippen LogP contribution is 2.10. The lowest BCUT2D eigenvalue weighted by atomic mass is 10.1. The van der Waals surface area contributed by atoms with Gasteiger partial charge in [-0.15, -0.1) is 0 Å². The third kappa shape index (κ3) is 32.3. The topological polar surface area (TPSA) is 78.9 Å². The Morgan fingerprint density at radius 1 is 0.489 bits per heavy atom. The van der Waals surface area contributed by atoms with Crippen LogP contribution in [-0.4, -0.2) is 37.2 Å². The first kappa shape index (κ1) is 42.1. The lowest BCUT2D eigenvalue weighted by Crippen LogP contribution is -2.30. The van der Waals surface area contributed by atoms with Crippen LogP contribution in [0.3, 0.4) is 0 Å². The number of carbonyl (C=O) groups is 3. The Balaban J connectivity index is 4.52. The molecule has 0 rings (SSSR count). The number of esters is 3. The molecule has 0 spiro atoms. The van der Waals surface area contributed by atoms with Crippen molar-refractivity contribution >= 4 is 17.9 Å². The van der Waals surface area contributed by atoms with Gasteiger partial charge < -0.3 is 14.2 Å². The van der Waals surface area contributed by atoms with E-state index in [1.54, 1.807) is 12.2 Å². The quantitative estimate of drug-likeness (QED) is 0.0259. The SMILES string of the molecule is CCCCCCCCCC=CC=CC=CC=CC=CC(=O)OC(COC(=O)CCCCCCC)COC(=O)CCCCCCC. The van der Waals surface area contributed by atoms with E-state index >= 15 is 0 Å². The largest absolute Gasteiger partial charge is 0.462 e. The third-order valence-electron chi connectivity index (χ3n) is 7.23. The van der Waals surface area contributed by atoms with Gasteiger partial charge in [0.1, 0.15) is 13.2 Å². The van der Waals surface area contributed by atoms with Gasteiger partial charge >= 0.3 is 17.9 Å². The molecule has 0 heterocycles. The van der Waals surface area contributed by atoms with Crippen LogP contribution in [0, 0.1) is 0 Å². The van der Waals surface area contributed by atoms with Crippen molar-refractivity contribution in [2.24, 2.45) is 0 Å². The minimum Gasteiger partial charge on any atom is -0.462 e. The summed E-state index contributed by atoms with van der Waals surface area (Å²) in [6.07, 6.45) is 39.0. The summed E-state index contributed by atoms with van der Waals surface area (Å²) in [6.45, 7) is 6.26. The average Bonchev–Trinajstić information content (AvgIpc) is 3.03. The molecule has 0 saturated carbocycles.